The summed E-state index contributed by atoms with van der Waals surface area (Å²) in [5.41, 5.74) is 1.21. The van der Waals surface area contributed by atoms with Crippen molar-refractivity contribution in [1.29, 1.82) is 5.26 Å². The molecule has 128 valence electrons. The summed E-state index contributed by atoms with van der Waals surface area (Å²) in [6, 6.07) is 21.5. The van der Waals surface area contributed by atoms with Crippen LogP contribution in [0.3, 0.4) is 0 Å². The van der Waals surface area contributed by atoms with Crippen molar-refractivity contribution < 1.29 is 14.3 Å². The molecule has 5 heteroatoms. The number of amides is 1. The minimum absolute atomic E-state index is 0.231. The Morgan fingerprint density at radius 2 is 1.77 bits per heavy atom. The maximum absolute atomic E-state index is 12.3. The number of nitriles is 1. The van der Waals surface area contributed by atoms with E-state index >= 15 is 0 Å². The van der Waals surface area contributed by atoms with Gasteiger partial charge in [-0.05, 0) is 48.0 Å². The van der Waals surface area contributed by atoms with Gasteiger partial charge in [-0.3, -0.25) is 4.79 Å². The maximum Gasteiger partial charge on any atom is 0.338 e. The number of hydrogen-bond donors (Lipinski definition) is 1. The lowest BCUT2D eigenvalue weighted by molar-refractivity contribution is -0.123. The molecule has 1 unspecified atom stereocenters. The number of ether oxygens (including phenoxy) is 1. The average Bonchev–Trinajstić information content (AvgIpc) is 2.67. The van der Waals surface area contributed by atoms with E-state index in [9.17, 15) is 9.59 Å². The van der Waals surface area contributed by atoms with E-state index in [1.165, 1.54) is 19.1 Å². The van der Waals surface area contributed by atoms with Gasteiger partial charge >= 0.3 is 5.97 Å². The highest BCUT2D eigenvalue weighted by molar-refractivity contribution is 5.99. The fraction of sp³-hybridized carbons (Fsp3) is 0.0952. The summed E-state index contributed by atoms with van der Waals surface area (Å²) in [5, 5.41) is 13.7. The smallest absolute Gasteiger partial charge is 0.338 e. The van der Waals surface area contributed by atoms with E-state index in [1.54, 1.807) is 18.2 Å². The van der Waals surface area contributed by atoms with Crippen LogP contribution in [0.2, 0.25) is 0 Å². The SMILES string of the molecule is CC(OC(=O)c1cccc(C#N)c1)C(=O)Nc1ccc2ccccc2c1. The number of anilines is 1. The molecule has 0 saturated carbocycles. The molecule has 3 aromatic carbocycles. The van der Waals surface area contributed by atoms with Crippen molar-refractivity contribution >= 4 is 28.3 Å². The van der Waals surface area contributed by atoms with Gasteiger partial charge in [0.25, 0.3) is 5.91 Å². The summed E-state index contributed by atoms with van der Waals surface area (Å²) >= 11 is 0. The van der Waals surface area contributed by atoms with Gasteiger partial charge in [0, 0.05) is 5.69 Å². The van der Waals surface area contributed by atoms with Crippen molar-refractivity contribution in [1.82, 2.24) is 0 Å². The molecule has 0 aliphatic heterocycles. The van der Waals surface area contributed by atoms with E-state index < -0.39 is 18.0 Å². The Morgan fingerprint density at radius 3 is 2.54 bits per heavy atom. The van der Waals surface area contributed by atoms with E-state index in [0.717, 1.165) is 10.8 Å². The second-order valence-corrected chi connectivity index (χ2v) is 5.79. The number of nitrogens with zero attached hydrogens (tertiary/aromatic N) is 1. The first-order valence-electron chi connectivity index (χ1n) is 8.07. The topological polar surface area (TPSA) is 79.2 Å². The first-order chi connectivity index (χ1) is 12.6. The van der Waals surface area contributed by atoms with Gasteiger partial charge in [0.1, 0.15) is 0 Å². The highest BCUT2D eigenvalue weighted by Crippen LogP contribution is 2.19. The van der Waals surface area contributed by atoms with Crippen LogP contribution >= 0.6 is 0 Å². The number of carbonyl (C=O) groups excluding carboxylic acids is 2. The van der Waals surface area contributed by atoms with E-state index in [-0.39, 0.29) is 5.56 Å². The Balaban J connectivity index is 1.66. The van der Waals surface area contributed by atoms with Gasteiger partial charge in [0.15, 0.2) is 6.10 Å². The molecule has 3 rings (SSSR count). The van der Waals surface area contributed by atoms with E-state index in [4.69, 9.17) is 10.00 Å². The van der Waals surface area contributed by atoms with Crippen molar-refractivity contribution in [3.63, 3.8) is 0 Å². The van der Waals surface area contributed by atoms with Gasteiger partial charge in [0.05, 0.1) is 17.2 Å². The zero-order valence-electron chi connectivity index (χ0n) is 14.1. The lowest BCUT2D eigenvalue weighted by Gasteiger charge is -2.14. The number of nitrogens with one attached hydrogen (secondary N) is 1. The van der Waals surface area contributed by atoms with Crippen LogP contribution in [0.5, 0.6) is 0 Å². The zero-order valence-corrected chi connectivity index (χ0v) is 14.1. The Labute approximate surface area is 150 Å². The monoisotopic (exact) mass is 344 g/mol. The highest BCUT2D eigenvalue weighted by Gasteiger charge is 2.19. The molecular formula is C21H16N2O3. The normalized spacial score (nSPS) is 11.4. The third kappa shape index (κ3) is 3.87. The molecule has 1 N–H and O–H groups in total. The molecule has 0 bridgehead atoms. The summed E-state index contributed by atoms with van der Waals surface area (Å²) in [4.78, 5) is 24.4. The van der Waals surface area contributed by atoms with Crippen molar-refractivity contribution in [3.05, 3.63) is 77.9 Å². The molecular weight excluding hydrogens is 328 g/mol. The van der Waals surface area contributed by atoms with Gasteiger partial charge in [-0.25, -0.2) is 4.79 Å². The molecule has 0 saturated heterocycles. The lowest BCUT2D eigenvalue weighted by Crippen LogP contribution is -2.30. The van der Waals surface area contributed by atoms with Crippen molar-refractivity contribution in [2.24, 2.45) is 0 Å². The molecule has 5 nitrogen and oxygen atoms in total. The third-order valence-electron chi connectivity index (χ3n) is 3.90. The summed E-state index contributed by atoms with van der Waals surface area (Å²) in [6.07, 6.45) is -0.972. The van der Waals surface area contributed by atoms with Crippen LogP contribution in [-0.2, 0) is 9.53 Å². The fourth-order valence-corrected chi connectivity index (χ4v) is 2.51. The Morgan fingerprint density at radius 1 is 1.00 bits per heavy atom. The third-order valence-corrected chi connectivity index (χ3v) is 3.90. The van der Waals surface area contributed by atoms with Crippen LogP contribution in [0.1, 0.15) is 22.8 Å². The summed E-state index contributed by atoms with van der Waals surface area (Å²) in [6.45, 7) is 1.50. The second kappa shape index (κ2) is 7.49. The van der Waals surface area contributed by atoms with Crippen LogP contribution in [0.25, 0.3) is 10.8 Å². The first-order valence-corrected chi connectivity index (χ1v) is 8.07. The predicted molar refractivity (Wildman–Crippen MR) is 98.6 cm³/mol. The van der Waals surface area contributed by atoms with E-state index in [0.29, 0.717) is 11.3 Å². The number of esters is 1. The molecule has 1 atom stereocenters. The molecule has 26 heavy (non-hydrogen) atoms. The van der Waals surface area contributed by atoms with Gasteiger partial charge in [0.2, 0.25) is 0 Å². The van der Waals surface area contributed by atoms with E-state index in [1.807, 2.05) is 42.5 Å². The lowest BCUT2D eigenvalue weighted by atomic mass is 10.1. The molecule has 0 aliphatic rings. The Bertz CT molecular complexity index is 1020. The molecule has 0 aliphatic carbocycles. The van der Waals surface area contributed by atoms with Gasteiger partial charge in [-0.1, -0.05) is 36.4 Å². The minimum Gasteiger partial charge on any atom is -0.449 e. The molecule has 0 spiro atoms. The maximum atomic E-state index is 12.3. The quantitative estimate of drug-likeness (QED) is 0.728. The first kappa shape index (κ1) is 17.2. The Hall–Kier alpha value is -3.65. The van der Waals surface area contributed by atoms with E-state index in [2.05, 4.69) is 5.32 Å². The van der Waals surface area contributed by atoms with Gasteiger partial charge < -0.3 is 10.1 Å². The molecule has 1 amide bonds. The summed E-state index contributed by atoms with van der Waals surface area (Å²) in [5.74, 6) is -1.08. The predicted octanol–water partition coefficient (Wildman–Crippen LogP) is 3.90. The van der Waals surface area contributed by atoms with Crippen molar-refractivity contribution in [2.45, 2.75) is 13.0 Å². The molecule has 0 heterocycles. The van der Waals surface area contributed by atoms with Crippen molar-refractivity contribution in [3.8, 4) is 6.07 Å². The molecule has 0 aromatic heterocycles. The Kier molecular flexibility index (Phi) is 4.95. The number of fused-ring (bicyclic) bond motifs is 1. The van der Waals surface area contributed by atoms with Crippen LogP contribution in [0.15, 0.2) is 66.7 Å². The summed E-state index contributed by atoms with van der Waals surface area (Å²) < 4.78 is 5.20. The number of hydrogen-bond acceptors (Lipinski definition) is 4. The minimum atomic E-state index is -0.972. The fourth-order valence-electron chi connectivity index (χ4n) is 2.51. The van der Waals surface area contributed by atoms with Crippen LogP contribution in [-0.4, -0.2) is 18.0 Å². The number of rotatable bonds is 4. The zero-order chi connectivity index (χ0) is 18.5. The van der Waals surface area contributed by atoms with Crippen LogP contribution in [0, 0.1) is 11.3 Å². The van der Waals surface area contributed by atoms with Gasteiger partial charge in [-0.2, -0.15) is 5.26 Å². The van der Waals surface area contributed by atoms with Crippen molar-refractivity contribution in [2.75, 3.05) is 5.32 Å². The number of benzene rings is 3. The molecule has 0 fully saturated rings. The molecule has 0 radical (unpaired) electrons. The second-order valence-electron chi connectivity index (χ2n) is 5.79. The largest absolute Gasteiger partial charge is 0.449 e. The highest BCUT2D eigenvalue weighted by atomic mass is 16.5. The molecule has 3 aromatic rings. The van der Waals surface area contributed by atoms with Crippen LogP contribution in [0.4, 0.5) is 5.69 Å². The number of carbonyl (C=O) groups is 2. The average molecular weight is 344 g/mol. The standard InChI is InChI=1S/C21H16N2O3/c1-14(26-21(25)18-8-4-5-15(11-18)13-22)20(24)23-19-10-9-16-6-2-3-7-17(16)12-19/h2-12,14H,1H3,(H,23,24). The van der Waals surface area contributed by atoms with Crippen LogP contribution < -0.4 is 5.32 Å². The van der Waals surface area contributed by atoms with Gasteiger partial charge in [-0.15, -0.1) is 0 Å². The summed E-state index contributed by atoms with van der Waals surface area (Å²) in [7, 11) is 0.